The SMILES string of the molecule is CCNC(=O)c1ccccc1SCC. The van der Waals surface area contributed by atoms with Gasteiger partial charge in [-0.1, -0.05) is 19.1 Å². The fourth-order valence-corrected chi connectivity index (χ4v) is 1.99. The van der Waals surface area contributed by atoms with Crippen LogP contribution in [0.3, 0.4) is 0 Å². The number of hydrogen-bond acceptors (Lipinski definition) is 2. The number of thioether (sulfide) groups is 1. The van der Waals surface area contributed by atoms with E-state index in [0.29, 0.717) is 6.54 Å². The van der Waals surface area contributed by atoms with E-state index in [2.05, 4.69) is 12.2 Å². The molecule has 0 spiro atoms. The van der Waals surface area contributed by atoms with Crippen LogP contribution in [-0.4, -0.2) is 18.2 Å². The fraction of sp³-hybridized carbons (Fsp3) is 0.364. The van der Waals surface area contributed by atoms with E-state index in [1.807, 2.05) is 31.2 Å². The van der Waals surface area contributed by atoms with Gasteiger partial charge in [-0.15, -0.1) is 11.8 Å². The maximum atomic E-state index is 11.6. The lowest BCUT2D eigenvalue weighted by atomic mass is 10.2. The molecule has 1 aromatic rings. The van der Waals surface area contributed by atoms with Crippen molar-refractivity contribution >= 4 is 17.7 Å². The molecular formula is C11H15NOS. The second kappa shape index (κ2) is 5.70. The quantitative estimate of drug-likeness (QED) is 0.772. The Morgan fingerprint density at radius 1 is 1.36 bits per heavy atom. The van der Waals surface area contributed by atoms with E-state index in [0.717, 1.165) is 16.2 Å². The summed E-state index contributed by atoms with van der Waals surface area (Å²) in [6.45, 7) is 4.68. The van der Waals surface area contributed by atoms with Crippen molar-refractivity contribution in [1.29, 1.82) is 0 Å². The van der Waals surface area contributed by atoms with Crippen molar-refractivity contribution < 1.29 is 4.79 Å². The van der Waals surface area contributed by atoms with E-state index in [4.69, 9.17) is 0 Å². The lowest BCUT2D eigenvalue weighted by molar-refractivity contribution is 0.0953. The molecule has 0 radical (unpaired) electrons. The van der Waals surface area contributed by atoms with Crippen molar-refractivity contribution in [2.45, 2.75) is 18.7 Å². The first-order chi connectivity index (χ1) is 6.79. The maximum absolute atomic E-state index is 11.6. The molecule has 2 nitrogen and oxygen atoms in total. The highest BCUT2D eigenvalue weighted by molar-refractivity contribution is 7.99. The first kappa shape index (κ1) is 11.1. The van der Waals surface area contributed by atoms with Crippen molar-refractivity contribution in [2.75, 3.05) is 12.3 Å². The van der Waals surface area contributed by atoms with E-state index < -0.39 is 0 Å². The van der Waals surface area contributed by atoms with Gasteiger partial charge in [0.05, 0.1) is 5.56 Å². The van der Waals surface area contributed by atoms with Crippen LogP contribution in [-0.2, 0) is 0 Å². The zero-order valence-electron chi connectivity index (χ0n) is 8.54. The summed E-state index contributed by atoms with van der Waals surface area (Å²) in [6, 6.07) is 7.70. The fourth-order valence-electron chi connectivity index (χ4n) is 1.19. The molecule has 0 saturated carbocycles. The van der Waals surface area contributed by atoms with Crippen LogP contribution < -0.4 is 5.32 Å². The Morgan fingerprint density at radius 2 is 2.07 bits per heavy atom. The maximum Gasteiger partial charge on any atom is 0.252 e. The summed E-state index contributed by atoms with van der Waals surface area (Å²) >= 11 is 1.70. The van der Waals surface area contributed by atoms with Crippen LogP contribution in [0.2, 0.25) is 0 Å². The average Bonchev–Trinajstić information content (AvgIpc) is 2.19. The Balaban J connectivity index is 2.88. The number of carbonyl (C=O) groups is 1. The van der Waals surface area contributed by atoms with Gasteiger partial charge in [0.15, 0.2) is 0 Å². The third-order valence-corrected chi connectivity index (χ3v) is 2.72. The summed E-state index contributed by atoms with van der Waals surface area (Å²) in [5.74, 6) is 1.00. The molecule has 76 valence electrons. The van der Waals surface area contributed by atoms with Crippen LogP contribution in [0.25, 0.3) is 0 Å². The average molecular weight is 209 g/mol. The molecule has 0 aliphatic carbocycles. The van der Waals surface area contributed by atoms with Gasteiger partial charge in [0.2, 0.25) is 0 Å². The summed E-state index contributed by atoms with van der Waals surface area (Å²) in [5, 5.41) is 2.81. The van der Waals surface area contributed by atoms with Crippen LogP contribution >= 0.6 is 11.8 Å². The molecule has 1 amide bonds. The lowest BCUT2D eigenvalue weighted by Crippen LogP contribution is -2.23. The monoisotopic (exact) mass is 209 g/mol. The van der Waals surface area contributed by atoms with E-state index >= 15 is 0 Å². The highest BCUT2D eigenvalue weighted by Crippen LogP contribution is 2.21. The molecule has 14 heavy (non-hydrogen) atoms. The topological polar surface area (TPSA) is 29.1 Å². The Labute approximate surface area is 89.1 Å². The molecule has 0 fully saturated rings. The van der Waals surface area contributed by atoms with Gasteiger partial charge in [-0.2, -0.15) is 0 Å². The molecule has 0 heterocycles. The zero-order valence-corrected chi connectivity index (χ0v) is 9.36. The van der Waals surface area contributed by atoms with E-state index in [9.17, 15) is 4.79 Å². The molecule has 0 aliphatic rings. The molecule has 0 saturated heterocycles. The summed E-state index contributed by atoms with van der Waals surface area (Å²) in [5.41, 5.74) is 0.779. The van der Waals surface area contributed by atoms with E-state index in [1.165, 1.54) is 0 Å². The van der Waals surface area contributed by atoms with Crippen LogP contribution in [0.5, 0.6) is 0 Å². The predicted molar refractivity (Wildman–Crippen MR) is 60.8 cm³/mol. The number of hydrogen-bond donors (Lipinski definition) is 1. The number of amides is 1. The molecule has 3 heteroatoms. The number of benzene rings is 1. The summed E-state index contributed by atoms with van der Waals surface area (Å²) in [7, 11) is 0. The summed E-state index contributed by atoms with van der Waals surface area (Å²) in [4.78, 5) is 12.7. The first-order valence-corrected chi connectivity index (χ1v) is 5.78. The summed E-state index contributed by atoms with van der Waals surface area (Å²) < 4.78 is 0. The lowest BCUT2D eigenvalue weighted by Gasteiger charge is -2.07. The third kappa shape index (κ3) is 2.77. The molecule has 1 rings (SSSR count). The van der Waals surface area contributed by atoms with Gasteiger partial charge in [-0.25, -0.2) is 0 Å². The van der Waals surface area contributed by atoms with Crippen molar-refractivity contribution in [1.82, 2.24) is 5.32 Å². The third-order valence-electron chi connectivity index (χ3n) is 1.77. The first-order valence-electron chi connectivity index (χ1n) is 4.79. The largest absolute Gasteiger partial charge is 0.352 e. The van der Waals surface area contributed by atoms with Crippen LogP contribution in [0.1, 0.15) is 24.2 Å². The zero-order chi connectivity index (χ0) is 10.4. The van der Waals surface area contributed by atoms with E-state index in [1.54, 1.807) is 11.8 Å². The Kier molecular flexibility index (Phi) is 4.53. The smallest absolute Gasteiger partial charge is 0.252 e. The second-order valence-electron chi connectivity index (χ2n) is 2.79. The Morgan fingerprint density at radius 3 is 2.71 bits per heavy atom. The highest BCUT2D eigenvalue weighted by Gasteiger charge is 2.08. The van der Waals surface area contributed by atoms with E-state index in [-0.39, 0.29) is 5.91 Å². The molecule has 1 N–H and O–H groups in total. The highest BCUT2D eigenvalue weighted by atomic mass is 32.2. The molecule has 0 bridgehead atoms. The Bertz CT molecular complexity index is 312. The van der Waals surface area contributed by atoms with Crippen LogP contribution in [0.15, 0.2) is 29.2 Å². The number of nitrogens with one attached hydrogen (secondary N) is 1. The predicted octanol–water partition coefficient (Wildman–Crippen LogP) is 2.55. The van der Waals surface area contributed by atoms with Crippen LogP contribution in [0, 0.1) is 0 Å². The summed E-state index contributed by atoms with van der Waals surface area (Å²) in [6.07, 6.45) is 0. The molecule has 1 aromatic carbocycles. The van der Waals surface area contributed by atoms with Gasteiger partial charge < -0.3 is 5.32 Å². The molecule has 0 unspecified atom stereocenters. The van der Waals surface area contributed by atoms with Gasteiger partial charge in [0.25, 0.3) is 5.91 Å². The minimum absolute atomic E-state index is 0.0176. The minimum Gasteiger partial charge on any atom is -0.352 e. The molecule has 0 atom stereocenters. The standard InChI is InChI=1S/C11H15NOS/c1-3-12-11(13)9-7-5-6-8-10(9)14-4-2/h5-8H,3-4H2,1-2H3,(H,12,13). The second-order valence-corrected chi connectivity index (χ2v) is 4.09. The van der Waals surface area contributed by atoms with Gasteiger partial charge >= 0.3 is 0 Å². The van der Waals surface area contributed by atoms with Crippen molar-refractivity contribution in [2.24, 2.45) is 0 Å². The number of rotatable bonds is 4. The van der Waals surface area contributed by atoms with Crippen molar-refractivity contribution in [3.8, 4) is 0 Å². The van der Waals surface area contributed by atoms with Crippen LogP contribution in [0.4, 0.5) is 0 Å². The molecule has 0 aromatic heterocycles. The number of carbonyl (C=O) groups excluding carboxylic acids is 1. The molecular weight excluding hydrogens is 194 g/mol. The van der Waals surface area contributed by atoms with Gasteiger partial charge in [-0.05, 0) is 24.8 Å². The van der Waals surface area contributed by atoms with Gasteiger partial charge in [0, 0.05) is 11.4 Å². The van der Waals surface area contributed by atoms with Crippen molar-refractivity contribution in [3.63, 3.8) is 0 Å². The Hall–Kier alpha value is -0.960. The van der Waals surface area contributed by atoms with Crippen molar-refractivity contribution in [3.05, 3.63) is 29.8 Å². The van der Waals surface area contributed by atoms with Gasteiger partial charge in [0.1, 0.15) is 0 Å². The normalized spacial score (nSPS) is 9.86. The minimum atomic E-state index is 0.0176. The molecule has 0 aliphatic heterocycles. The van der Waals surface area contributed by atoms with Gasteiger partial charge in [-0.3, -0.25) is 4.79 Å².